The minimum atomic E-state index is -0.240. The highest BCUT2D eigenvalue weighted by Gasteiger charge is 2.18. The van der Waals surface area contributed by atoms with E-state index in [9.17, 15) is 0 Å². The molecule has 4 nitrogen and oxygen atoms in total. The molecule has 2 aromatic rings. The summed E-state index contributed by atoms with van der Waals surface area (Å²) in [6.07, 6.45) is 0. The molecule has 116 valence electrons. The Morgan fingerprint density at radius 3 is 2.62 bits per heavy atom. The van der Waals surface area contributed by atoms with E-state index in [4.69, 9.17) is 33.4 Å². The summed E-state index contributed by atoms with van der Waals surface area (Å²) < 4.78 is 5.54. The fourth-order valence-electron chi connectivity index (χ4n) is 1.48. The van der Waals surface area contributed by atoms with Crippen molar-refractivity contribution in [1.82, 2.24) is 10.2 Å². The van der Waals surface area contributed by atoms with Crippen molar-refractivity contribution >= 4 is 47.4 Å². The number of benzene rings is 1. The van der Waals surface area contributed by atoms with E-state index >= 15 is 0 Å². The van der Waals surface area contributed by atoms with Crippen molar-refractivity contribution < 1.29 is 4.42 Å². The van der Waals surface area contributed by atoms with Crippen molar-refractivity contribution in [2.24, 2.45) is 11.7 Å². The molecule has 0 saturated carbocycles. The number of nitrogens with zero attached hydrogens (tertiary/aromatic N) is 2. The quantitative estimate of drug-likeness (QED) is 0.772. The van der Waals surface area contributed by atoms with Crippen molar-refractivity contribution in [3.05, 3.63) is 39.7 Å². The van der Waals surface area contributed by atoms with Gasteiger partial charge in [-0.15, -0.1) is 22.6 Å². The van der Waals surface area contributed by atoms with Gasteiger partial charge in [-0.25, -0.2) is 0 Å². The van der Waals surface area contributed by atoms with E-state index in [0.29, 0.717) is 26.9 Å². The monoisotopic (exact) mass is 367 g/mol. The Morgan fingerprint density at radius 2 is 2.00 bits per heavy atom. The van der Waals surface area contributed by atoms with Crippen molar-refractivity contribution in [2.45, 2.75) is 30.9 Å². The van der Waals surface area contributed by atoms with Gasteiger partial charge in [-0.1, -0.05) is 54.9 Å². The zero-order valence-electron chi connectivity index (χ0n) is 11.5. The molecule has 0 aliphatic carbocycles. The van der Waals surface area contributed by atoms with Crippen LogP contribution in [0.15, 0.2) is 27.8 Å². The molecule has 1 aromatic carbocycles. The summed E-state index contributed by atoms with van der Waals surface area (Å²) in [4.78, 5) is 0. The summed E-state index contributed by atoms with van der Waals surface area (Å²) in [5.74, 6) is 1.35. The van der Waals surface area contributed by atoms with Crippen LogP contribution in [0.1, 0.15) is 31.3 Å². The molecular formula is C13H16Cl3N3OS. The molecule has 1 aromatic heterocycles. The fraction of sp³-hybridized carbons (Fsp3) is 0.385. The van der Waals surface area contributed by atoms with E-state index in [2.05, 4.69) is 10.2 Å². The number of nitrogens with two attached hydrogens (primary N) is 1. The molecule has 0 radical (unpaired) electrons. The zero-order valence-corrected chi connectivity index (χ0v) is 14.7. The van der Waals surface area contributed by atoms with Crippen LogP contribution in [0.25, 0.3) is 0 Å². The lowest BCUT2D eigenvalue weighted by atomic mass is 10.1. The number of hydrogen-bond acceptors (Lipinski definition) is 5. The van der Waals surface area contributed by atoms with Gasteiger partial charge in [0.2, 0.25) is 5.89 Å². The molecule has 0 spiro atoms. The maximum Gasteiger partial charge on any atom is 0.276 e. The average molecular weight is 369 g/mol. The number of thioether (sulfide) groups is 1. The molecule has 1 atom stereocenters. The molecule has 0 saturated heterocycles. The van der Waals surface area contributed by atoms with Crippen molar-refractivity contribution in [3.8, 4) is 0 Å². The normalized spacial score (nSPS) is 12.3. The van der Waals surface area contributed by atoms with Crippen LogP contribution in [0.3, 0.4) is 0 Å². The van der Waals surface area contributed by atoms with Crippen LogP contribution in [-0.2, 0) is 5.75 Å². The first-order valence-corrected chi connectivity index (χ1v) is 7.87. The van der Waals surface area contributed by atoms with Gasteiger partial charge >= 0.3 is 0 Å². The Balaban J connectivity index is 0.00000220. The van der Waals surface area contributed by atoms with Gasteiger partial charge < -0.3 is 10.2 Å². The summed E-state index contributed by atoms with van der Waals surface area (Å²) in [7, 11) is 0. The average Bonchev–Trinajstić information content (AvgIpc) is 2.85. The van der Waals surface area contributed by atoms with Crippen molar-refractivity contribution in [1.29, 1.82) is 0 Å². The lowest BCUT2D eigenvalue weighted by Gasteiger charge is -2.09. The van der Waals surface area contributed by atoms with E-state index in [1.54, 1.807) is 12.1 Å². The molecular weight excluding hydrogens is 353 g/mol. The van der Waals surface area contributed by atoms with Crippen LogP contribution in [0.4, 0.5) is 0 Å². The summed E-state index contributed by atoms with van der Waals surface area (Å²) in [5, 5.41) is 9.68. The van der Waals surface area contributed by atoms with Crippen LogP contribution < -0.4 is 5.73 Å². The molecule has 21 heavy (non-hydrogen) atoms. The number of halogens is 3. The van der Waals surface area contributed by atoms with E-state index < -0.39 is 0 Å². The van der Waals surface area contributed by atoms with Gasteiger partial charge in [0.15, 0.2) is 0 Å². The lowest BCUT2D eigenvalue weighted by molar-refractivity contribution is 0.349. The smallest absolute Gasteiger partial charge is 0.276 e. The Morgan fingerprint density at radius 1 is 1.29 bits per heavy atom. The third-order valence-corrected chi connectivity index (χ3v) is 4.25. The second-order valence-electron chi connectivity index (χ2n) is 4.70. The Kier molecular flexibility index (Phi) is 7.30. The van der Waals surface area contributed by atoms with Gasteiger partial charge in [0.25, 0.3) is 5.22 Å². The SMILES string of the molecule is CC(C)C(N)c1nnc(SCc2ccc(Cl)cc2Cl)o1.Cl. The summed E-state index contributed by atoms with van der Waals surface area (Å²) in [6, 6.07) is 5.16. The molecule has 0 aliphatic heterocycles. The van der Waals surface area contributed by atoms with Gasteiger partial charge in [-0.3, -0.25) is 0 Å². The predicted molar refractivity (Wildman–Crippen MR) is 89.3 cm³/mol. The summed E-state index contributed by atoms with van der Waals surface area (Å²) in [6.45, 7) is 4.02. The second kappa shape index (κ2) is 8.25. The summed E-state index contributed by atoms with van der Waals surface area (Å²) in [5.41, 5.74) is 6.92. The van der Waals surface area contributed by atoms with Crippen LogP contribution in [0, 0.1) is 5.92 Å². The standard InChI is InChI=1S/C13H15Cl2N3OS.ClH/c1-7(2)11(16)12-17-18-13(19-12)20-6-8-3-4-9(14)5-10(8)15;/h3-5,7,11H,6,16H2,1-2H3;1H. The molecule has 0 amide bonds. The molecule has 0 aliphatic rings. The fourth-order valence-corrected chi connectivity index (χ4v) is 2.80. The third-order valence-electron chi connectivity index (χ3n) is 2.79. The first kappa shape index (κ1) is 18.6. The topological polar surface area (TPSA) is 64.9 Å². The third kappa shape index (κ3) is 5.04. The molecule has 1 heterocycles. The van der Waals surface area contributed by atoms with Gasteiger partial charge in [-0.2, -0.15) is 0 Å². The predicted octanol–water partition coefficient (Wildman–Crippen LogP) is 4.75. The first-order chi connectivity index (χ1) is 9.47. The number of aromatic nitrogens is 2. The largest absolute Gasteiger partial charge is 0.414 e. The maximum absolute atomic E-state index is 6.11. The number of hydrogen-bond donors (Lipinski definition) is 1. The molecule has 0 bridgehead atoms. The van der Waals surface area contributed by atoms with Crippen molar-refractivity contribution in [3.63, 3.8) is 0 Å². The van der Waals surface area contributed by atoms with Gasteiger partial charge in [0, 0.05) is 15.8 Å². The van der Waals surface area contributed by atoms with E-state index in [-0.39, 0.29) is 24.4 Å². The molecule has 1 unspecified atom stereocenters. The van der Waals surface area contributed by atoms with Gasteiger partial charge in [0.1, 0.15) is 0 Å². The highest BCUT2D eigenvalue weighted by Crippen LogP contribution is 2.29. The first-order valence-electron chi connectivity index (χ1n) is 6.13. The minimum absolute atomic E-state index is 0. The zero-order chi connectivity index (χ0) is 14.7. The molecule has 8 heteroatoms. The van der Waals surface area contributed by atoms with Crippen LogP contribution >= 0.6 is 47.4 Å². The Hall–Kier alpha value is -0.460. The Labute approximate surface area is 144 Å². The minimum Gasteiger partial charge on any atom is -0.414 e. The van der Waals surface area contributed by atoms with Crippen molar-refractivity contribution in [2.75, 3.05) is 0 Å². The van der Waals surface area contributed by atoms with Crippen LogP contribution in [-0.4, -0.2) is 10.2 Å². The second-order valence-corrected chi connectivity index (χ2v) is 6.47. The Bertz CT molecular complexity index is 592. The van der Waals surface area contributed by atoms with Gasteiger partial charge in [0.05, 0.1) is 6.04 Å². The highest BCUT2D eigenvalue weighted by atomic mass is 35.5. The van der Waals surface area contributed by atoms with E-state index in [0.717, 1.165) is 5.56 Å². The van der Waals surface area contributed by atoms with E-state index in [1.807, 2.05) is 19.9 Å². The highest BCUT2D eigenvalue weighted by molar-refractivity contribution is 7.98. The van der Waals surface area contributed by atoms with E-state index in [1.165, 1.54) is 11.8 Å². The van der Waals surface area contributed by atoms with Gasteiger partial charge in [-0.05, 0) is 23.6 Å². The molecule has 2 rings (SSSR count). The molecule has 0 fully saturated rings. The van der Waals surface area contributed by atoms with Crippen LogP contribution in [0.5, 0.6) is 0 Å². The maximum atomic E-state index is 6.11. The lowest BCUT2D eigenvalue weighted by Crippen LogP contribution is -2.16. The van der Waals surface area contributed by atoms with Crippen LogP contribution in [0.2, 0.25) is 10.0 Å². The molecule has 2 N–H and O–H groups in total. The summed E-state index contributed by atoms with van der Waals surface area (Å²) >= 11 is 13.4. The number of rotatable bonds is 5.